The molecule has 9 rings (SSSR count). The summed E-state index contributed by atoms with van der Waals surface area (Å²) in [6.45, 7) is 19.2. The summed E-state index contributed by atoms with van der Waals surface area (Å²) in [5.41, 5.74) is 13.6. The van der Waals surface area contributed by atoms with Gasteiger partial charge in [-0.2, -0.15) is 4.31 Å². The van der Waals surface area contributed by atoms with E-state index < -0.39 is 48.5 Å². The molecule has 0 saturated carbocycles. The molecule has 2 aromatic heterocycles. The summed E-state index contributed by atoms with van der Waals surface area (Å²) in [5.74, 6) is 7.51. The van der Waals surface area contributed by atoms with E-state index in [2.05, 4.69) is 129 Å². The molecule has 4 aliphatic heterocycles. The van der Waals surface area contributed by atoms with Gasteiger partial charge in [-0.3, -0.25) is 18.7 Å². The van der Waals surface area contributed by atoms with Gasteiger partial charge in [0.1, 0.15) is 48.2 Å². The summed E-state index contributed by atoms with van der Waals surface area (Å²) in [5, 5.41) is 16.0. The van der Waals surface area contributed by atoms with E-state index >= 15 is 0 Å². The van der Waals surface area contributed by atoms with Gasteiger partial charge in [0.15, 0.2) is 5.54 Å². The Kier molecular flexibility index (Phi) is 16.8. The molecule has 0 bridgehead atoms. The van der Waals surface area contributed by atoms with Crippen molar-refractivity contribution < 1.29 is 70.6 Å². The predicted molar refractivity (Wildman–Crippen MR) is 299 cm³/mol. The van der Waals surface area contributed by atoms with Crippen LogP contribution in [0.4, 0.5) is 11.5 Å². The highest BCUT2D eigenvalue weighted by Gasteiger charge is 2.43. The Bertz CT molecular complexity index is 3680. The lowest BCUT2D eigenvalue weighted by Crippen LogP contribution is -2.52. The molecule has 81 heavy (non-hydrogen) atoms. The van der Waals surface area contributed by atoms with Crippen LogP contribution in [0.25, 0.3) is 16.6 Å². The molecule has 26 heteroatoms. The van der Waals surface area contributed by atoms with Gasteiger partial charge in [-0.05, 0) is 95.5 Å². The van der Waals surface area contributed by atoms with Crippen LogP contribution < -0.4 is 40.7 Å². The quantitative estimate of drug-likeness (QED) is 0.0365. The van der Waals surface area contributed by atoms with E-state index in [-0.39, 0.29) is 72.1 Å². The van der Waals surface area contributed by atoms with Crippen LogP contribution in [0.5, 0.6) is 11.5 Å². The molecule has 1 saturated heterocycles. The first-order valence-electron chi connectivity index (χ1n) is 26.8. The Balaban J connectivity index is 0.893. The Morgan fingerprint density at radius 3 is 2.42 bits per heavy atom. The number of hydrogen-bond donors (Lipinski definition) is 6. The molecule has 0 spiro atoms. The first kappa shape index (κ1) is 59.8. The van der Waals surface area contributed by atoms with Crippen molar-refractivity contribution in [2.75, 3.05) is 50.5 Å². The van der Waals surface area contributed by atoms with Gasteiger partial charge < -0.3 is 59.6 Å². The van der Waals surface area contributed by atoms with Gasteiger partial charge in [-0.15, -0.1) is 0 Å². The van der Waals surface area contributed by atoms with Gasteiger partial charge in [0.25, 0.3) is 13.7 Å². The van der Waals surface area contributed by atoms with Crippen LogP contribution in [0.2, 0.25) is 0 Å². The van der Waals surface area contributed by atoms with E-state index in [1.807, 2.05) is 24.3 Å². The number of aliphatic hydroxyl groups is 1. The SMILES string of the molecule is CCN1c2cc3c(cc2C(C)CC1(C)C)C(c1ccccc1C(=O)N(C)CCCC(=O)NCC#Cc1cn([C@H]2C[C@H](O)[C@@H](COP(=O)(O)OP(=O)(O)OP(=O)([O-])O)O2)c2ncnc(N)c12)=c1cc2c(cc1O3)=[N+](CC)C(C)(C)CC2C. The number of benzene rings is 3. The van der Waals surface area contributed by atoms with Gasteiger partial charge >= 0.3 is 15.6 Å². The Labute approximate surface area is 469 Å². The first-order valence-corrected chi connectivity index (χ1v) is 31.3. The van der Waals surface area contributed by atoms with E-state index in [4.69, 9.17) is 20.1 Å². The van der Waals surface area contributed by atoms with Gasteiger partial charge in [-0.25, -0.2) is 28.0 Å². The number of nitrogens with one attached hydrogen (secondary N) is 1. The number of rotatable bonds is 17. The normalized spacial score (nSPS) is 22.8. The number of nitrogens with two attached hydrogens (primary N) is 1. The predicted octanol–water partition coefficient (Wildman–Crippen LogP) is 5.66. The molecular weight excluding hydrogens is 1110 g/mol. The number of phosphoric ester groups is 1. The number of ether oxygens (including phenoxy) is 2. The van der Waals surface area contributed by atoms with Crippen molar-refractivity contribution in [3.05, 3.63) is 105 Å². The van der Waals surface area contributed by atoms with E-state index in [1.165, 1.54) is 28.2 Å². The van der Waals surface area contributed by atoms with Crippen molar-refractivity contribution >= 4 is 63.4 Å². The summed E-state index contributed by atoms with van der Waals surface area (Å²) in [7, 11) is -15.5. The lowest BCUT2D eigenvalue weighted by Gasteiger charge is -2.47. The van der Waals surface area contributed by atoms with E-state index in [0.717, 1.165) is 70.4 Å². The summed E-state index contributed by atoms with van der Waals surface area (Å²) >= 11 is 0. The van der Waals surface area contributed by atoms with Crippen molar-refractivity contribution in [2.24, 2.45) is 0 Å². The molecule has 2 amide bonds. The number of anilines is 2. The maximum Gasteiger partial charge on any atom is 0.487 e. The number of aromatic nitrogens is 3. The second-order valence-corrected chi connectivity index (χ2v) is 26.6. The Morgan fingerprint density at radius 2 is 1.70 bits per heavy atom. The number of carbonyl (C=O) groups excluding carboxylic acids is 2. The number of nitrogens with zero attached hydrogens (tertiary/aromatic N) is 6. The minimum absolute atomic E-state index is 0.0566. The number of hydrogen-bond acceptors (Lipinski definition) is 16. The van der Waals surface area contributed by atoms with E-state index in [0.29, 0.717) is 22.9 Å². The maximum absolute atomic E-state index is 14.7. The second-order valence-electron chi connectivity index (χ2n) is 22.3. The third-order valence-electron chi connectivity index (χ3n) is 15.6. The van der Waals surface area contributed by atoms with Crippen LogP contribution in [0.3, 0.4) is 0 Å². The third kappa shape index (κ3) is 12.5. The fourth-order valence-corrected chi connectivity index (χ4v) is 15.3. The van der Waals surface area contributed by atoms with Crippen molar-refractivity contribution in [3.63, 3.8) is 0 Å². The highest BCUT2D eigenvalue weighted by atomic mass is 31.3. The lowest BCUT2D eigenvalue weighted by atomic mass is 9.77. The van der Waals surface area contributed by atoms with E-state index in [1.54, 1.807) is 11.9 Å². The molecule has 5 aromatic rings. The molecule has 7 N–H and O–H groups in total. The lowest BCUT2D eigenvalue weighted by molar-refractivity contribution is -0.212. The fourth-order valence-electron chi connectivity index (χ4n) is 12.3. The zero-order valence-electron chi connectivity index (χ0n) is 46.6. The summed E-state index contributed by atoms with van der Waals surface area (Å²) in [4.78, 5) is 79.3. The number of amides is 2. The molecular formula is C55H69N8O15P3. The molecule has 8 atom stereocenters. The topological polar surface area (TPSA) is 314 Å². The monoisotopic (exact) mass is 1170 g/mol. The zero-order chi connectivity index (χ0) is 58.7. The minimum Gasteiger partial charge on any atom is -0.756 e. The van der Waals surface area contributed by atoms with Crippen LogP contribution in [-0.2, 0) is 36.4 Å². The summed E-state index contributed by atoms with van der Waals surface area (Å²) < 4.78 is 63.7. The zero-order valence-corrected chi connectivity index (χ0v) is 49.3. The molecule has 1 fully saturated rings. The summed E-state index contributed by atoms with van der Waals surface area (Å²) in [6, 6.07) is 16.7. The van der Waals surface area contributed by atoms with Crippen LogP contribution >= 0.6 is 23.5 Å². The largest absolute Gasteiger partial charge is 0.756 e. The standard InChI is InChI=1S/C55H69N8O15P3/c1-10-62-41-24-44-39(22-37(41)32(3)27-54(62,5)6)50(40-23-38-33(4)28-55(7,8)63(11-2)42(38)25-45(40)75-44)35-17-12-13-18-36(35)53(66)60(9)21-15-19-47(65)57-20-14-16-34-29-61(52-49(34)51(56)58-31-59-52)48-26-43(64)46(76-48)30-74-80(70,71)78-81(72,73)77-79(67,68)69/h12-13,17-18,22-25,29,31-33,43,46,48,64H,10-11,15,19-21,26-28,30H2,1-9H3,(H6-,56,57,58,59,65,67,68,69,70,71,72,73)/t32?,33?,43-,46+,48+/m0/s1. The molecule has 0 radical (unpaired) electrons. The number of phosphoric acid groups is 3. The van der Waals surface area contributed by atoms with Crippen molar-refractivity contribution in [1.82, 2.24) is 29.3 Å². The highest BCUT2D eigenvalue weighted by molar-refractivity contribution is 7.66. The number of aliphatic hydroxyl groups excluding tert-OH is 1. The number of carbonyl (C=O) groups is 2. The molecule has 6 heterocycles. The van der Waals surface area contributed by atoms with Gasteiger partial charge in [0.05, 0.1) is 36.3 Å². The van der Waals surface area contributed by atoms with Crippen molar-refractivity contribution in [2.45, 2.75) is 129 Å². The number of fused-ring (bicyclic) bond motifs is 5. The van der Waals surface area contributed by atoms with Crippen LogP contribution in [0.1, 0.15) is 144 Å². The van der Waals surface area contributed by atoms with Gasteiger partial charge in [-0.1, -0.05) is 43.9 Å². The summed E-state index contributed by atoms with van der Waals surface area (Å²) in [6.07, 6.45) is 1.40. The Morgan fingerprint density at radius 1 is 0.975 bits per heavy atom. The maximum atomic E-state index is 14.7. The van der Waals surface area contributed by atoms with E-state index in [9.17, 15) is 43.1 Å². The number of nitrogen functional groups attached to an aromatic ring is 1. The second kappa shape index (κ2) is 22.7. The molecule has 5 unspecified atom stereocenters. The highest BCUT2D eigenvalue weighted by Crippen LogP contribution is 2.65. The minimum atomic E-state index is -5.86. The van der Waals surface area contributed by atoms with Crippen molar-refractivity contribution in [1.29, 1.82) is 0 Å². The molecule has 23 nitrogen and oxygen atoms in total. The Hall–Kier alpha value is -5.82. The van der Waals surface area contributed by atoms with Gasteiger partial charge in [0, 0.05) is 90.4 Å². The van der Waals surface area contributed by atoms with Crippen LogP contribution in [-0.4, -0.2) is 114 Å². The van der Waals surface area contributed by atoms with Crippen LogP contribution in [0.15, 0.2) is 61.1 Å². The third-order valence-corrected chi connectivity index (χ3v) is 19.4. The fraction of sp³-hybridized carbons (Fsp3) is 0.473. The molecule has 3 aromatic carbocycles. The van der Waals surface area contributed by atoms with Crippen LogP contribution in [0, 0.1) is 11.8 Å². The molecule has 434 valence electrons. The van der Waals surface area contributed by atoms with Crippen molar-refractivity contribution in [3.8, 4) is 23.3 Å². The molecule has 0 aliphatic carbocycles. The average molecular weight is 1180 g/mol. The smallest absolute Gasteiger partial charge is 0.487 e. The first-order chi connectivity index (χ1) is 38.0. The molecule has 4 aliphatic rings. The van der Waals surface area contributed by atoms with Gasteiger partial charge in [0.2, 0.25) is 11.3 Å². The average Bonchev–Trinajstić information content (AvgIpc) is 2.74.